The fraction of sp³-hybridized carbons (Fsp3) is 0.269. The van der Waals surface area contributed by atoms with E-state index in [0.29, 0.717) is 49.7 Å². The summed E-state index contributed by atoms with van der Waals surface area (Å²) in [6, 6.07) is 18.5. The molecule has 0 spiro atoms. The number of rotatable bonds is 7. The van der Waals surface area contributed by atoms with Crippen LogP contribution in [0.1, 0.15) is 15.9 Å². The molecule has 1 aliphatic heterocycles. The van der Waals surface area contributed by atoms with Gasteiger partial charge in [0.05, 0.1) is 31.9 Å². The predicted octanol–water partition coefficient (Wildman–Crippen LogP) is 3.37. The Labute approximate surface area is 199 Å². The molecule has 0 saturated carbocycles. The zero-order valence-corrected chi connectivity index (χ0v) is 19.4. The number of para-hydroxylation sites is 2. The molecule has 0 radical (unpaired) electrons. The number of amides is 2. The van der Waals surface area contributed by atoms with Crippen molar-refractivity contribution in [2.75, 3.05) is 45.7 Å². The molecule has 3 aromatic rings. The number of hydrogen-bond acceptors (Lipinski definition) is 6. The summed E-state index contributed by atoms with van der Waals surface area (Å²) in [4.78, 5) is 34.0. The third-order valence-electron chi connectivity index (χ3n) is 5.81. The highest BCUT2D eigenvalue weighted by atomic mass is 16.5. The first kappa shape index (κ1) is 23.1. The van der Waals surface area contributed by atoms with Crippen molar-refractivity contribution in [3.63, 3.8) is 0 Å². The predicted molar refractivity (Wildman–Crippen MR) is 130 cm³/mol. The highest BCUT2D eigenvalue weighted by molar-refractivity contribution is 5.99. The number of pyridine rings is 1. The Morgan fingerprint density at radius 1 is 0.912 bits per heavy atom. The van der Waals surface area contributed by atoms with E-state index in [-0.39, 0.29) is 11.8 Å². The summed E-state index contributed by atoms with van der Waals surface area (Å²) in [6.45, 7) is 1.91. The van der Waals surface area contributed by atoms with Gasteiger partial charge < -0.3 is 24.6 Å². The number of benzene rings is 2. The van der Waals surface area contributed by atoms with Crippen molar-refractivity contribution in [2.45, 2.75) is 6.42 Å². The van der Waals surface area contributed by atoms with E-state index in [4.69, 9.17) is 9.47 Å². The van der Waals surface area contributed by atoms with Crippen molar-refractivity contribution in [3.8, 4) is 11.5 Å². The summed E-state index contributed by atoms with van der Waals surface area (Å²) in [5.74, 6) is 1.78. The molecule has 1 N–H and O–H groups in total. The average Bonchev–Trinajstić information content (AvgIpc) is 2.89. The molecular formula is C26H28N4O4. The second kappa shape index (κ2) is 10.7. The van der Waals surface area contributed by atoms with Crippen LogP contribution in [0.4, 0.5) is 11.5 Å². The lowest BCUT2D eigenvalue weighted by atomic mass is 10.1. The van der Waals surface area contributed by atoms with Gasteiger partial charge >= 0.3 is 0 Å². The van der Waals surface area contributed by atoms with E-state index in [0.717, 1.165) is 17.0 Å². The van der Waals surface area contributed by atoms with Crippen molar-refractivity contribution in [2.24, 2.45) is 0 Å². The molecule has 4 rings (SSSR count). The van der Waals surface area contributed by atoms with Crippen LogP contribution < -0.4 is 14.8 Å². The second-order valence-corrected chi connectivity index (χ2v) is 7.93. The van der Waals surface area contributed by atoms with Crippen molar-refractivity contribution >= 4 is 23.3 Å². The van der Waals surface area contributed by atoms with E-state index in [9.17, 15) is 9.59 Å². The van der Waals surface area contributed by atoms with Gasteiger partial charge in [-0.05, 0) is 42.0 Å². The number of hydrogen-bond donors (Lipinski definition) is 1. The Morgan fingerprint density at radius 3 is 2.44 bits per heavy atom. The number of methoxy groups -OCH3 is 2. The van der Waals surface area contributed by atoms with Crippen LogP contribution in [0.15, 0.2) is 66.9 Å². The smallest absolute Gasteiger partial charge is 0.257 e. The van der Waals surface area contributed by atoms with Crippen molar-refractivity contribution < 1.29 is 19.1 Å². The Kier molecular flexibility index (Phi) is 7.27. The molecule has 8 heteroatoms. The zero-order valence-electron chi connectivity index (χ0n) is 19.4. The minimum absolute atomic E-state index is 0.0419. The quantitative estimate of drug-likeness (QED) is 0.582. The summed E-state index contributed by atoms with van der Waals surface area (Å²) in [5.41, 5.74) is 2.11. The molecule has 2 aromatic carbocycles. The third kappa shape index (κ3) is 5.28. The Bertz CT molecular complexity index is 1160. The van der Waals surface area contributed by atoms with Gasteiger partial charge in [0.15, 0.2) is 0 Å². The number of carbonyl (C=O) groups excluding carboxylic acids is 2. The standard InChI is InChI=1S/C26H28N4O4/c1-33-20-8-5-7-19(17-20)18-24(31)29-13-15-30(16-14-29)26(32)21-9-6-12-27-25(21)28-22-10-3-4-11-23(22)34-2/h3-12,17H,13-16,18H2,1-2H3,(H,27,28). The monoisotopic (exact) mass is 460 g/mol. The number of carbonyl (C=O) groups is 2. The summed E-state index contributed by atoms with van der Waals surface area (Å²) >= 11 is 0. The normalized spacial score (nSPS) is 13.4. The highest BCUT2D eigenvalue weighted by Crippen LogP contribution is 2.28. The molecule has 2 amide bonds. The molecule has 2 heterocycles. The van der Waals surface area contributed by atoms with Crippen LogP contribution in [0, 0.1) is 0 Å². The largest absolute Gasteiger partial charge is 0.497 e. The minimum Gasteiger partial charge on any atom is -0.497 e. The topological polar surface area (TPSA) is 84.0 Å². The van der Waals surface area contributed by atoms with Crippen molar-refractivity contribution in [1.29, 1.82) is 0 Å². The first-order valence-electron chi connectivity index (χ1n) is 11.1. The lowest BCUT2D eigenvalue weighted by Crippen LogP contribution is -2.51. The Morgan fingerprint density at radius 2 is 1.68 bits per heavy atom. The van der Waals surface area contributed by atoms with Gasteiger partial charge in [0.25, 0.3) is 5.91 Å². The van der Waals surface area contributed by atoms with Gasteiger partial charge in [0.2, 0.25) is 5.91 Å². The number of anilines is 2. The second-order valence-electron chi connectivity index (χ2n) is 7.93. The van der Waals surface area contributed by atoms with Crippen LogP contribution in [0.2, 0.25) is 0 Å². The fourth-order valence-electron chi connectivity index (χ4n) is 3.95. The first-order valence-corrected chi connectivity index (χ1v) is 11.1. The van der Waals surface area contributed by atoms with E-state index in [1.54, 1.807) is 42.3 Å². The number of ether oxygens (including phenoxy) is 2. The van der Waals surface area contributed by atoms with E-state index >= 15 is 0 Å². The minimum atomic E-state index is -0.120. The van der Waals surface area contributed by atoms with Gasteiger partial charge in [0.1, 0.15) is 17.3 Å². The van der Waals surface area contributed by atoms with Gasteiger partial charge in [-0.1, -0.05) is 24.3 Å². The van der Waals surface area contributed by atoms with Crippen molar-refractivity contribution in [1.82, 2.24) is 14.8 Å². The van der Waals surface area contributed by atoms with Crippen molar-refractivity contribution in [3.05, 3.63) is 78.0 Å². The van der Waals surface area contributed by atoms with Gasteiger partial charge in [-0.25, -0.2) is 4.98 Å². The van der Waals surface area contributed by atoms with Crippen LogP contribution in [-0.2, 0) is 11.2 Å². The SMILES string of the molecule is COc1cccc(CC(=O)N2CCN(C(=O)c3cccnc3Nc3ccccc3OC)CC2)c1. The summed E-state index contributed by atoms with van der Waals surface area (Å²) < 4.78 is 10.6. The molecule has 0 aliphatic carbocycles. The van der Waals surface area contributed by atoms with E-state index in [1.165, 1.54) is 0 Å². The van der Waals surface area contributed by atoms with Crippen LogP contribution >= 0.6 is 0 Å². The molecule has 0 bridgehead atoms. The molecule has 176 valence electrons. The highest BCUT2D eigenvalue weighted by Gasteiger charge is 2.26. The van der Waals surface area contributed by atoms with Crippen LogP contribution in [-0.4, -0.2) is 67.0 Å². The van der Waals surface area contributed by atoms with Gasteiger partial charge in [-0.15, -0.1) is 0 Å². The summed E-state index contributed by atoms with van der Waals surface area (Å²) in [5, 5.41) is 3.22. The van der Waals surface area contributed by atoms with E-state index in [2.05, 4.69) is 10.3 Å². The summed E-state index contributed by atoms with van der Waals surface area (Å²) in [6.07, 6.45) is 1.95. The summed E-state index contributed by atoms with van der Waals surface area (Å²) in [7, 11) is 3.21. The van der Waals surface area contributed by atoms with Crippen LogP contribution in [0.25, 0.3) is 0 Å². The van der Waals surface area contributed by atoms with Crippen LogP contribution in [0.5, 0.6) is 11.5 Å². The lowest BCUT2D eigenvalue weighted by molar-refractivity contribution is -0.131. The number of piperazine rings is 1. The molecule has 0 unspecified atom stereocenters. The number of nitrogens with zero attached hydrogens (tertiary/aromatic N) is 3. The molecule has 0 atom stereocenters. The van der Waals surface area contributed by atoms with E-state index < -0.39 is 0 Å². The lowest BCUT2D eigenvalue weighted by Gasteiger charge is -2.35. The molecule has 1 aromatic heterocycles. The number of nitrogens with one attached hydrogen (secondary N) is 1. The third-order valence-corrected chi connectivity index (χ3v) is 5.81. The number of aromatic nitrogens is 1. The van der Waals surface area contributed by atoms with Gasteiger partial charge in [-0.3, -0.25) is 9.59 Å². The first-order chi connectivity index (χ1) is 16.6. The molecular weight excluding hydrogens is 432 g/mol. The molecule has 1 aliphatic rings. The van der Waals surface area contributed by atoms with E-state index in [1.807, 2.05) is 48.5 Å². The zero-order chi connectivity index (χ0) is 23.9. The Balaban J connectivity index is 1.39. The maximum absolute atomic E-state index is 13.3. The maximum Gasteiger partial charge on any atom is 0.257 e. The molecule has 1 saturated heterocycles. The Hall–Kier alpha value is -4.07. The average molecular weight is 461 g/mol. The van der Waals surface area contributed by atoms with Gasteiger partial charge in [0, 0.05) is 32.4 Å². The molecule has 1 fully saturated rings. The van der Waals surface area contributed by atoms with Crippen LogP contribution in [0.3, 0.4) is 0 Å². The maximum atomic E-state index is 13.3. The fourth-order valence-corrected chi connectivity index (χ4v) is 3.95. The molecule has 34 heavy (non-hydrogen) atoms. The molecule has 8 nitrogen and oxygen atoms in total. The van der Waals surface area contributed by atoms with Gasteiger partial charge in [-0.2, -0.15) is 0 Å².